The Kier molecular flexibility index (Phi) is 4.66. The van der Waals surface area contributed by atoms with Gasteiger partial charge >= 0.3 is 6.18 Å². The number of nitrogens with zero attached hydrogens (tertiary/aromatic N) is 2. The molecule has 0 amide bonds. The Hall–Kier alpha value is -3.56. The quantitative estimate of drug-likeness (QED) is 0.305. The van der Waals surface area contributed by atoms with E-state index in [1.165, 1.54) is 47.2 Å². The lowest BCUT2D eigenvalue weighted by Crippen LogP contribution is -2.43. The second-order valence-corrected chi connectivity index (χ2v) is 8.10. The number of nitrogens with two attached hydrogens (primary N) is 1. The molecule has 1 unspecified atom stereocenters. The van der Waals surface area contributed by atoms with Crippen molar-refractivity contribution in [3.63, 3.8) is 0 Å². The minimum Gasteiger partial charge on any atom is -0.397 e. The largest absolute Gasteiger partial charge is 0.425 e. The number of hydrazine groups is 1. The molecule has 4 aromatic rings. The number of fused-ring (bicyclic) bond motifs is 2. The fraction of sp³-hybridized carbons (Fsp3) is 0.167. The third-order valence-electron chi connectivity index (χ3n) is 6.08. The van der Waals surface area contributed by atoms with Crippen molar-refractivity contribution in [3.05, 3.63) is 89.4 Å². The maximum Gasteiger partial charge on any atom is 0.425 e. The van der Waals surface area contributed by atoms with Crippen LogP contribution in [0.4, 0.5) is 34.6 Å². The van der Waals surface area contributed by atoms with Gasteiger partial charge in [0, 0.05) is 30.7 Å². The summed E-state index contributed by atoms with van der Waals surface area (Å²) in [5.74, 6) is -0.389. The first-order valence-electron chi connectivity index (χ1n) is 10.2. The Balaban J connectivity index is 1.65. The Labute approximate surface area is 186 Å². The molecule has 0 radical (unpaired) electrons. The van der Waals surface area contributed by atoms with Gasteiger partial charge in [-0.1, -0.05) is 18.2 Å². The molecule has 5 nitrogen and oxygen atoms in total. The number of nitrogens with one attached hydrogen (secondary N) is 1. The van der Waals surface area contributed by atoms with Crippen LogP contribution < -0.4 is 16.2 Å². The highest BCUT2D eigenvalue weighted by atomic mass is 19.4. The molecule has 1 aromatic heterocycles. The Morgan fingerprint density at radius 2 is 1.76 bits per heavy atom. The van der Waals surface area contributed by atoms with Crippen molar-refractivity contribution in [2.75, 3.05) is 10.7 Å². The van der Waals surface area contributed by atoms with Crippen molar-refractivity contribution in [2.45, 2.75) is 18.3 Å². The first-order chi connectivity index (χ1) is 15.6. The molecule has 2 heterocycles. The van der Waals surface area contributed by atoms with Gasteiger partial charge in [-0.15, -0.1) is 0 Å². The first kappa shape index (κ1) is 21.3. The number of rotatable bonds is 3. The van der Waals surface area contributed by atoms with Gasteiger partial charge in [-0.25, -0.2) is 9.82 Å². The molecule has 170 valence electrons. The van der Waals surface area contributed by atoms with Gasteiger partial charge in [0.15, 0.2) is 0 Å². The molecule has 0 aliphatic carbocycles. The predicted molar refractivity (Wildman–Crippen MR) is 118 cm³/mol. The summed E-state index contributed by atoms with van der Waals surface area (Å²) in [6.45, 7) is 0.247. The smallest absolute Gasteiger partial charge is 0.397 e. The number of aromatic nitrogens is 1. The Morgan fingerprint density at radius 1 is 1.03 bits per heavy atom. The van der Waals surface area contributed by atoms with Gasteiger partial charge in [0.05, 0.1) is 22.6 Å². The molecule has 5 rings (SSSR count). The number of halogens is 4. The second-order valence-electron chi connectivity index (χ2n) is 8.10. The van der Waals surface area contributed by atoms with Crippen molar-refractivity contribution in [1.82, 2.24) is 9.99 Å². The summed E-state index contributed by atoms with van der Waals surface area (Å²) in [5.41, 5.74) is 7.80. The van der Waals surface area contributed by atoms with E-state index in [9.17, 15) is 22.7 Å². The van der Waals surface area contributed by atoms with Crippen LogP contribution >= 0.6 is 0 Å². The predicted octanol–water partition coefficient (Wildman–Crippen LogP) is 4.85. The van der Waals surface area contributed by atoms with Crippen LogP contribution in [0.5, 0.6) is 0 Å². The van der Waals surface area contributed by atoms with Gasteiger partial charge < -0.3 is 15.4 Å². The summed E-state index contributed by atoms with van der Waals surface area (Å²) in [6, 6.07) is 14.6. The summed E-state index contributed by atoms with van der Waals surface area (Å²) >= 11 is 0. The molecule has 33 heavy (non-hydrogen) atoms. The van der Waals surface area contributed by atoms with E-state index in [4.69, 9.17) is 5.73 Å². The van der Waals surface area contributed by atoms with Crippen LogP contribution in [0.15, 0.2) is 66.9 Å². The average Bonchev–Trinajstić information content (AvgIpc) is 3.34. The normalized spacial score (nSPS) is 15.6. The monoisotopic (exact) mass is 456 g/mol. The third-order valence-corrected chi connectivity index (χ3v) is 6.08. The van der Waals surface area contributed by atoms with E-state index in [-0.39, 0.29) is 28.9 Å². The number of alkyl halides is 3. The number of aliphatic hydroxyl groups is 1. The van der Waals surface area contributed by atoms with Crippen LogP contribution in [-0.2, 0) is 19.2 Å². The topological polar surface area (TPSA) is 66.5 Å². The van der Waals surface area contributed by atoms with Gasteiger partial charge in [-0.2, -0.15) is 13.2 Å². The SMILES string of the molecule is Cn1cc(C(O)(c2ccc3c(c2)CNN3c2ccc(F)cc2)C(F)(F)F)c2cccc(N)c21. The maximum absolute atomic E-state index is 14.5. The number of benzene rings is 3. The fourth-order valence-corrected chi connectivity index (χ4v) is 4.50. The second kappa shape index (κ2) is 7.23. The lowest BCUT2D eigenvalue weighted by Gasteiger charge is -2.31. The lowest BCUT2D eigenvalue weighted by atomic mass is 9.84. The summed E-state index contributed by atoms with van der Waals surface area (Å²) in [5, 5.41) is 13.2. The van der Waals surface area contributed by atoms with E-state index in [0.717, 1.165) is 0 Å². The van der Waals surface area contributed by atoms with Crippen LogP contribution in [-0.4, -0.2) is 15.8 Å². The number of nitrogen functional groups attached to an aromatic ring is 1. The highest BCUT2D eigenvalue weighted by Gasteiger charge is 2.57. The highest BCUT2D eigenvalue weighted by molar-refractivity contribution is 5.94. The maximum atomic E-state index is 14.5. The molecule has 1 atom stereocenters. The fourth-order valence-electron chi connectivity index (χ4n) is 4.50. The van der Waals surface area contributed by atoms with Crippen LogP contribution in [0.3, 0.4) is 0 Å². The molecule has 3 aromatic carbocycles. The number of aryl methyl sites for hydroxylation is 1. The summed E-state index contributed by atoms with van der Waals surface area (Å²) in [4.78, 5) is 0. The zero-order valence-electron chi connectivity index (χ0n) is 17.5. The molecule has 0 fully saturated rings. The van der Waals surface area contributed by atoms with E-state index in [0.29, 0.717) is 28.1 Å². The molecule has 0 saturated carbocycles. The van der Waals surface area contributed by atoms with Crippen LogP contribution in [0.25, 0.3) is 10.9 Å². The van der Waals surface area contributed by atoms with E-state index < -0.39 is 11.8 Å². The van der Waals surface area contributed by atoms with Gasteiger partial charge in [0.2, 0.25) is 5.60 Å². The standard InChI is InChI=1S/C24H20F4N4O/c1-31-13-19(18-3-2-4-20(29)22(18)31)23(33,24(26,27)28)15-5-10-21-14(11-15)12-30-32(21)17-8-6-16(25)7-9-17/h2-11,13,30,33H,12,29H2,1H3. The Bertz CT molecular complexity index is 1360. The van der Waals surface area contributed by atoms with Gasteiger partial charge in [-0.05, 0) is 53.6 Å². The minimum atomic E-state index is -5.00. The third kappa shape index (κ3) is 3.15. The number of hydrogen-bond donors (Lipinski definition) is 3. The van der Waals surface area contributed by atoms with E-state index in [1.54, 1.807) is 36.3 Å². The van der Waals surface area contributed by atoms with Crippen LogP contribution in [0.2, 0.25) is 0 Å². The molecule has 0 saturated heterocycles. The molecular formula is C24H20F4N4O. The number of para-hydroxylation sites is 1. The Morgan fingerprint density at radius 3 is 2.45 bits per heavy atom. The highest BCUT2D eigenvalue weighted by Crippen LogP contribution is 2.48. The molecular weight excluding hydrogens is 436 g/mol. The summed E-state index contributed by atoms with van der Waals surface area (Å²) in [7, 11) is 1.59. The summed E-state index contributed by atoms with van der Waals surface area (Å²) < 4.78 is 58.2. The van der Waals surface area contributed by atoms with Crippen LogP contribution in [0.1, 0.15) is 16.7 Å². The number of hydrogen-bond acceptors (Lipinski definition) is 4. The van der Waals surface area contributed by atoms with E-state index >= 15 is 0 Å². The van der Waals surface area contributed by atoms with Gasteiger partial charge in [0.25, 0.3) is 0 Å². The van der Waals surface area contributed by atoms with E-state index in [1.807, 2.05) is 0 Å². The average molecular weight is 456 g/mol. The van der Waals surface area contributed by atoms with Gasteiger partial charge in [0.1, 0.15) is 5.82 Å². The molecule has 1 aliphatic rings. The zero-order valence-corrected chi connectivity index (χ0v) is 17.5. The van der Waals surface area contributed by atoms with Crippen molar-refractivity contribution >= 4 is 28.0 Å². The van der Waals surface area contributed by atoms with Gasteiger partial charge in [-0.3, -0.25) is 5.01 Å². The molecule has 0 spiro atoms. The minimum absolute atomic E-state index is 0.226. The first-order valence-corrected chi connectivity index (χ1v) is 10.2. The van der Waals surface area contributed by atoms with Crippen molar-refractivity contribution < 1.29 is 22.7 Å². The van der Waals surface area contributed by atoms with E-state index in [2.05, 4.69) is 5.43 Å². The van der Waals surface area contributed by atoms with Crippen LogP contribution in [0, 0.1) is 5.82 Å². The molecule has 4 N–H and O–H groups in total. The number of anilines is 3. The van der Waals surface area contributed by atoms with Crippen molar-refractivity contribution in [2.24, 2.45) is 7.05 Å². The summed E-state index contributed by atoms with van der Waals surface area (Å²) in [6.07, 6.45) is -3.73. The molecule has 0 bridgehead atoms. The lowest BCUT2D eigenvalue weighted by molar-refractivity contribution is -0.247. The van der Waals surface area contributed by atoms with Crippen molar-refractivity contribution in [3.8, 4) is 0 Å². The molecule has 9 heteroatoms. The van der Waals surface area contributed by atoms with Crippen molar-refractivity contribution in [1.29, 1.82) is 0 Å². The zero-order chi connectivity index (χ0) is 23.5. The molecule has 1 aliphatic heterocycles.